The van der Waals surface area contributed by atoms with E-state index in [2.05, 4.69) is 15.6 Å². The van der Waals surface area contributed by atoms with Crippen molar-refractivity contribution in [3.63, 3.8) is 0 Å². The average Bonchev–Trinajstić information content (AvgIpc) is 2.59. The van der Waals surface area contributed by atoms with E-state index in [9.17, 15) is 4.79 Å². The summed E-state index contributed by atoms with van der Waals surface area (Å²) in [5.74, 6) is 1.49. The van der Waals surface area contributed by atoms with Crippen LogP contribution in [-0.4, -0.2) is 32.1 Å². The first kappa shape index (κ1) is 18.1. The Kier molecular flexibility index (Phi) is 6.65. The molecule has 132 valence electrons. The fourth-order valence-corrected chi connectivity index (χ4v) is 2.12. The molecule has 0 atom stereocenters. The average molecular weight is 342 g/mol. The van der Waals surface area contributed by atoms with Gasteiger partial charge in [0.05, 0.1) is 19.3 Å². The number of hydrogen-bond acceptors (Lipinski definition) is 4. The van der Waals surface area contributed by atoms with E-state index in [1.807, 2.05) is 36.4 Å². The zero-order valence-corrected chi connectivity index (χ0v) is 14.3. The number of nitrogens with zero attached hydrogens (tertiary/aromatic N) is 1. The van der Waals surface area contributed by atoms with E-state index in [-0.39, 0.29) is 11.9 Å². The van der Waals surface area contributed by atoms with Gasteiger partial charge in [0.2, 0.25) is 5.91 Å². The number of guanidine groups is 1. The number of carbonyl (C=O) groups is 1. The van der Waals surface area contributed by atoms with Gasteiger partial charge in [-0.2, -0.15) is 0 Å². The van der Waals surface area contributed by atoms with Gasteiger partial charge in [-0.05, 0) is 24.3 Å². The Morgan fingerprint density at radius 2 is 1.96 bits per heavy atom. The topological polar surface area (TPSA) is 98.0 Å². The Balaban J connectivity index is 1.83. The third-order valence-electron chi connectivity index (χ3n) is 3.17. The second kappa shape index (κ2) is 9.17. The van der Waals surface area contributed by atoms with Crippen LogP contribution in [0, 0.1) is 0 Å². The number of ether oxygens (including phenoxy) is 2. The molecule has 0 saturated heterocycles. The van der Waals surface area contributed by atoms with Gasteiger partial charge in [-0.3, -0.25) is 4.79 Å². The highest BCUT2D eigenvalue weighted by Crippen LogP contribution is 2.22. The number of benzene rings is 2. The fraction of sp³-hybridized carbons (Fsp3) is 0.222. The van der Waals surface area contributed by atoms with Crippen molar-refractivity contribution >= 4 is 23.2 Å². The molecule has 25 heavy (non-hydrogen) atoms. The molecule has 0 bridgehead atoms. The monoisotopic (exact) mass is 342 g/mol. The second-order valence-corrected chi connectivity index (χ2v) is 5.15. The zero-order valence-electron chi connectivity index (χ0n) is 14.3. The summed E-state index contributed by atoms with van der Waals surface area (Å²) in [6.45, 7) is 2.20. The van der Waals surface area contributed by atoms with Crippen LogP contribution in [0.4, 0.5) is 11.4 Å². The number of anilines is 2. The maximum atomic E-state index is 11.1. The highest BCUT2D eigenvalue weighted by atomic mass is 16.5. The van der Waals surface area contributed by atoms with E-state index in [1.165, 1.54) is 6.92 Å². The third-order valence-corrected chi connectivity index (χ3v) is 3.17. The second-order valence-electron chi connectivity index (χ2n) is 5.15. The van der Waals surface area contributed by atoms with Crippen molar-refractivity contribution in [1.29, 1.82) is 0 Å². The van der Waals surface area contributed by atoms with Crippen LogP contribution in [0.5, 0.6) is 11.5 Å². The highest BCUT2D eigenvalue weighted by molar-refractivity contribution is 5.93. The van der Waals surface area contributed by atoms with E-state index in [4.69, 9.17) is 15.2 Å². The number of nitrogens with two attached hydrogens (primary N) is 1. The Morgan fingerprint density at radius 1 is 1.16 bits per heavy atom. The molecule has 2 rings (SSSR count). The van der Waals surface area contributed by atoms with Crippen molar-refractivity contribution in [3.8, 4) is 11.5 Å². The minimum atomic E-state index is -0.128. The molecule has 7 nitrogen and oxygen atoms in total. The normalized spacial score (nSPS) is 10.9. The molecule has 0 spiro atoms. The molecule has 2 aromatic rings. The van der Waals surface area contributed by atoms with E-state index < -0.39 is 0 Å². The molecule has 0 radical (unpaired) electrons. The van der Waals surface area contributed by atoms with Gasteiger partial charge in [-0.15, -0.1) is 0 Å². The van der Waals surface area contributed by atoms with Crippen molar-refractivity contribution < 1.29 is 14.3 Å². The summed E-state index contributed by atoms with van der Waals surface area (Å²) in [6, 6.07) is 14.6. The van der Waals surface area contributed by atoms with Gasteiger partial charge in [-0.1, -0.05) is 18.2 Å². The van der Waals surface area contributed by atoms with Gasteiger partial charge in [0.15, 0.2) is 5.96 Å². The number of para-hydroxylation sites is 2. The van der Waals surface area contributed by atoms with Crippen LogP contribution >= 0.6 is 0 Å². The number of hydrogen-bond donors (Lipinski definition) is 3. The highest BCUT2D eigenvalue weighted by Gasteiger charge is 2.02. The fourth-order valence-electron chi connectivity index (χ4n) is 2.12. The molecule has 2 aromatic carbocycles. The van der Waals surface area contributed by atoms with E-state index in [0.717, 1.165) is 5.69 Å². The third kappa shape index (κ3) is 6.06. The lowest BCUT2D eigenvalue weighted by molar-refractivity contribution is -0.114. The van der Waals surface area contributed by atoms with Crippen molar-refractivity contribution in [2.24, 2.45) is 10.7 Å². The number of nitrogens with one attached hydrogen (secondary N) is 2. The molecule has 0 aromatic heterocycles. The van der Waals surface area contributed by atoms with Crippen LogP contribution in [0.25, 0.3) is 0 Å². The van der Waals surface area contributed by atoms with E-state index in [0.29, 0.717) is 30.3 Å². The van der Waals surface area contributed by atoms with Gasteiger partial charge >= 0.3 is 0 Å². The summed E-state index contributed by atoms with van der Waals surface area (Å²) in [5.41, 5.74) is 7.30. The zero-order chi connectivity index (χ0) is 18.1. The smallest absolute Gasteiger partial charge is 0.221 e. The lowest BCUT2D eigenvalue weighted by Crippen LogP contribution is -2.23. The number of carbonyl (C=O) groups excluding carboxylic acids is 1. The predicted molar refractivity (Wildman–Crippen MR) is 99.3 cm³/mol. The molecule has 0 aliphatic rings. The molecule has 0 unspecified atom stereocenters. The van der Waals surface area contributed by atoms with Crippen molar-refractivity contribution in [1.82, 2.24) is 0 Å². The number of aliphatic imine (C=N–C) groups is 1. The minimum absolute atomic E-state index is 0.128. The first-order valence-corrected chi connectivity index (χ1v) is 7.79. The minimum Gasteiger partial charge on any atom is -0.495 e. The van der Waals surface area contributed by atoms with Crippen LogP contribution in [0.1, 0.15) is 6.92 Å². The van der Waals surface area contributed by atoms with Crippen LogP contribution in [-0.2, 0) is 4.79 Å². The van der Waals surface area contributed by atoms with Crippen LogP contribution in [0.15, 0.2) is 53.5 Å². The summed E-state index contributed by atoms with van der Waals surface area (Å²) >= 11 is 0. The van der Waals surface area contributed by atoms with E-state index >= 15 is 0 Å². The van der Waals surface area contributed by atoms with Gasteiger partial charge in [0, 0.05) is 18.7 Å². The summed E-state index contributed by atoms with van der Waals surface area (Å²) in [4.78, 5) is 15.3. The lowest BCUT2D eigenvalue weighted by Gasteiger charge is -2.10. The molecule has 0 fully saturated rings. The Morgan fingerprint density at radius 3 is 2.72 bits per heavy atom. The van der Waals surface area contributed by atoms with Gasteiger partial charge in [-0.25, -0.2) is 4.99 Å². The van der Waals surface area contributed by atoms with Gasteiger partial charge < -0.3 is 25.8 Å². The Bertz CT molecular complexity index is 747. The summed E-state index contributed by atoms with van der Waals surface area (Å²) in [7, 11) is 1.59. The SMILES string of the molecule is COc1ccccc1NC(N)=NCCOc1cccc(NC(C)=O)c1. The van der Waals surface area contributed by atoms with Crippen LogP contribution in [0.3, 0.4) is 0 Å². The molecular formula is C18H22N4O3. The molecule has 0 saturated carbocycles. The molecule has 0 aliphatic heterocycles. The van der Waals surface area contributed by atoms with E-state index in [1.54, 1.807) is 19.2 Å². The standard InChI is InChI=1S/C18H22N4O3/c1-13(23)21-14-6-5-7-15(12-14)25-11-10-20-18(19)22-16-8-3-4-9-17(16)24-2/h3-9,12H,10-11H2,1-2H3,(H,21,23)(H3,19,20,22). The summed E-state index contributed by atoms with van der Waals surface area (Å²) in [5, 5.41) is 5.69. The quantitative estimate of drug-likeness (QED) is 0.408. The van der Waals surface area contributed by atoms with Crippen molar-refractivity contribution in [2.75, 3.05) is 30.9 Å². The van der Waals surface area contributed by atoms with Crippen LogP contribution in [0.2, 0.25) is 0 Å². The maximum Gasteiger partial charge on any atom is 0.221 e. The van der Waals surface area contributed by atoms with Crippen LogP contribution < -0.4 is 25.8 Å². The summed E-state index contributed by atoms with van der Waals surface area (Å²) < 4.78 is 10.8. The van der Waals surface area contributed by atoms with Gasteiger partial charge in [0.25, 0.3) is 0 Å². The molecule has 4 N–H and O–H groups in total. The molecule has 7 heteroatoms. The largest absolute Gasteiger partial charge is 0.495 e. The first-order chi connectivity index (χ1) is 12.1. The number of amides is 1. The predicted octanol–water partition coefficient (Wildman–Crippen LogP) is 2.46. The van der Waals surface area contributed by atoms with Crippen molar-refractivity contribution in [2.45, 2.75) is 6.92 Å². The molecule has 0 aliphatic carbocycles. The molecule has 1 amide bonds. The lowest BCUT2D eigenvalue weighted by atomic mass is 10.3. The first-order valence-electron chi connectivity index (χ1n) is 7.79. The number of methoxy groups -OCH3 is 1. The number of rotatable bonds is 7. The molecular weight excluding hydrogens is 320 g/mol. The summed E-state index contributed by atoms with van der Waals surface area (Å²) in [6.07, 6.45) is 0. The Labute approximate surface area is 146 Å². The van der Waals surface area contributed by atoms with Crippen molar-refractivity contribution in [3.05, 3.63) is 48.5 Å². The molecule has 0 heterocycles. The maximum absolute atomic E-state index is 11.1. The van der Waals surface area contributed by atoms with Gasteiger partial charge in [0.1, 0.15) is 18.1 Å². The Hall–Kier alpha value is -3.22.